The Hall–Kier alpha value is -2.09. The number of rotatable bonds is 8. The van der Waals surface area contributed by atoms with E-state index in [1.165, 1.54) is 13.2 Å². The maximum Gasteiger partial charge on any atom is 0.309 e. The minimum Gasteiger partial charge on any atom is -0.462 e. The van der Waals surface area contributed by atoms with Gasteiger partial charge in [0.25, 0.3) is 0 Å². The molecular weight excluding hydrogens is 392 g/mol. The number of epoxide rings is 1. The minimum atomic E-state index is -0.834. The molecule has 1 spiro atoms. The lowest BCUT2D eigenvalue weighted by Gasteiger charge is -2.35. The summed E-state index contributed by atoms with van der Waals surface area (Å²) in [6.45, 7) is 9.62. The van der Waals surface area contributed by atoms with Crippen LogP contribution in [0.2, 0.25) is 0 Å². The van der Waals surface area contributed by atoms with Gasteiger partial charge in [0.05, 0.1) is 18.8 Å². The third kappa shape index (κ3) is 4.96. The number of hydrogen-bond donors (Lipinski definition) is 0. The molecule has 2 heterocycles. The van der Waals surface area contributed by atoms with Crippen molar-refractivity contribution < 1.29 is 38.1 Å². The van der Waals surface area contributed by atoms with E-state index < -0.39 is 24.0 Å². The second-order valence-corrected chi connectivity index (χ2v) is 9.25. The van der Waals surface area contributed by atoms with Crippen LogP contribution in [-0.2, 0) is 38.1 Å². The van der Waals surface area contributed by atoms with Crippen molar-refractivity contribution in [2.75, 3.05) is 13.2 Å². The average molecular weight is 424 g/mol. The van der Waals surface area contributed by atoms with Crippen LogP contribution in [0.25, 0.3) is 0 Å². The van der Waals surface area contributed by atoms with Gasteiger partial charge in [-0.3, -0.25) is 14.4 Å². The maximum absolute atomic E-state index is 12.3. The van der Waals surface area contributed by atoms with Crippen molar-refractivity contribution in [3.63, 3.8) is 0 Å². The van der Waals surface area contributed by atoms with Crippen molar-refractivity contribution in [3.05, 3.63) is 11.8 Å². The van der Waals surface area contributed by atoms with E-state index in [4.69, 9.17) is 23.7 Å². The summed E-state index contributed by atoms with van der Waals surface area (Å²) in [4.78, 5) is 35.9. The van der Waals surface area contributed by atoms with Crippen LogP contribution >= 0.6 is 0 Å². The van der Waals surface area contributed by atoms with Gasteiger partial charge in [-0.1, -0.05) is 27.7 Å². The zero-order valence-electron chi connectivity index (χ0n) is 18.3. The van der Waals surface area contributed by atoms with Crippen LogP contribution in [-0.4, -0.2) is 49.1 Å². The standard InChI is InChI=1S/C22H32O8/c1-12(2)6-18(24)26-9-15-10-27-21(30-19(25)7-13(3)4)20-16(15)8-17(29-14(5)23)22(20)11-28-22/h10,12-13,16-17,20-21H,6-9,11H2,1-5H3/t16-,17-,20-,21+,22-/m1/s1. The molecule has 8 heteroatoms. The van der Waals surface area contributed by atoms with Gasteiger partial charge in [-0.25, -0.2) is 0 Å². The molecule has 3 rings (SSSR count). The van der Waals surface area contributed by atoms with E-state index in [9.17, 15) is 14.4 Å². The van der Waals surface area contributed by atoms with Crippen LogP contribution in [0.1, 0.15) is 53.9 Å². The third-order valence-corrected chi connectivity index (χ3v) is 5.72. The number of carbonyl (C=O) groups excluding carboxylic acids is 3. The summed E-state index contributed by atoms with van der Waals surface area (Å²) >= 11 is 0. The summed E-state index contributed by atoms with van der Waals surface area (Å²) in [7, 11) is 0. The molecule has 2 aliphatic heterocycles. The van der Waals surface area contributed by atoms with Gasteiger partial charge in [0.15, 0.2) is 0 Å². The molecule has 168 valence electrons. The number of ether oxygens (including phenoxy) is 5. The van der Waals surface area contributed by atoms with Gasteiger partial charge in [0, 0.05) is 31.3 Å². The molecule has 8 nitrogen and oxygen atoms in total. The van der Waals surface area contributed by atoms with E-state index in [0.717, 1.165) is 5.57 Å². The highest BCUT2D eigenvalue weighted by molar-refractivity contribution is 5.70. The normalized spacial score (nSPS) is 31.8. The number of carbonyl (C=O) groups is 3. The Balaban J connectivity index is 1.77. The zero-order valence-corrected chi connectivity index (χ0v) is 18.3. The molecule has 0 amide bonds. The highest BCUT2D eigenvalue weighted by Gasteiger charge is 2.70. The molecule has 1 saturated heterocycles. The van der Waals surface area contributed by atoms with Crippen LogP contribution in [0.5, 0.6) is 0 Å². The van der Waals surface area contributed by atoms with Gasteiger partial charge < -0.3 is 23.7 Å². The van der Waals surface area contributed by atoms with Gasteiger partial charge >= 0.3 is 17.9 Å². The van der Waals surface area contributed by atoms with Gasteiger partial charge in [-0.2, -0.15) is 0 Å². The molecule has 0 unspecified atom stereocenters. The van der Waals surface area contributed by atoms with Gasteiger partial charge in [0.1, 0.15) is 18.3 Å². The number of fused-ring (bicyclic) bond motifs is 2. The van der Waals surface area contributed by atoms with Crippen LogP contribution in [0, 0.1) is 23.7 Å². The zero-order chi connectivity index (χ0) is 22.1. The molecule has 5 atom stereocenters. The molecule has 0 aromatic rings. The van der Waals surface area contributed by atoms with Gasteiger partial charge in [-0.15, -0.1) is 0 Å². The van der Waals surface area contributed by atoms with E-state index in [0.29, 0.717) is 19.4 Å². The fourth-order valence-corrected chi connectivity index (χ4v) is 4.38. The molecule has 0 radical (unpaired) electrons. The third-order valence-electron chi connectivity index (χ3n) is 5.72. The first-order valence-electron chi connectivity index (χ1n) is 10.6. The fraction of sp³-hybridized carbons (Fsp3) is 0.773. The van der Waals surface area contributed by atoms with Gasteiger partial charge in [0.2, 0.25) is 6.29 Å². The van der Waals surface area contributed by atoms with Crippen molar-refractivity contribution in [1.29, 1.82) is 0 Å². The van der Waals surface area contributed by atoms with Crippen LogP contribution in [0.4, 0.5) is 0 Å². The van der Waals surface area contributed by atoms with Crippen molar-refractivity contribution in [1.82, 2.24) is 0 Å². The van der Waals surface area contributed by atoms with E-state index >= 15 is 0 Å². The summed E-state index contributed by atoms with van der Waals surface area (Å²) in [5, 5.41) is 0. The Morgan fingerprint density at radius 3 is 2.30 bits per heavy atom. The Morgan fingerprint density at radius 1 is 1.10 bits per heavy atom. The molecule has 0 aromatic carbocycles. The Bertz CT molecular complexity index is 706. The van der Waals surface area contributed by atoms with E-state index in [1.807, 2.05) is 27.7 Å². The first-order valence-corrected chi connectivity index (χ1v) is 10.6. The van der Waals surface area contributed by atoms with Gasteiger partial charge in [-0.05, 0) is 18.3 Å². The molecule has 0 aromatic heterocycles. The summed E-state index contributed by atoms with van der Waals surface area (Å²) < 4.78 is 28.2. The van der Waals surface area contributed by atoms with Crippen LogP contribution < -0.4 is 0 Å². The van der Waals surface area contributed by atoms with Crippen molar-refractivity contribution >= 4 is 17.9 Å². The quantitative estimate of drug-likeness (QED) is 0.333. The molecule has 1 saturated carbocycles. The maximum atomic E-state index is 12.3. The molecule has 30 heavy (non-hydrogen) atoms. The van der Waals surface area contributed by atoms with E-state index in [-0.39, 0.29) is 48.6 Å². The molecule has 3 aliphatic rings. The summed E-state index contributed by atoms with van der Waals surface area (Å²) in [6.07, 6.45) is 1.33. The lowest BCUT2D eigenvalue weighted by Crippen LogP contribution is -2.45. The average Bonchev–Trinajstić information content (AvgIpc) is 3.33. The molecule has 1 aliphatic carbocycles. The first kappa shape index (κ1) is 22.6. The minimum absolute atomic E-state index is 0.0856. The summed E-state index contributed by atoms with van der Waals surface area (Å²) in [5.74, 6) is -1.13. The van der Waals surface area contributed by atoms with Crippen molar-refractivity contribution in [3.8, 4) is 0 Å². The van der Waals surface area contributed by atoms with Crippen molar-refractivity contribution in [2.24, 2.45) is 23.7 Å². The van der Waals surface area contributed by atoms with E-state index in [2.05, 4.69) is 0 Å². The van der Waals surface area contributed by atoms with E-state index in [1.54, 1.807) is 0 Å². The highest BCUT2D eigenvalue weighted by Crippen LogP contribution is 2.57. The number of esters is 3. The summed E-state index contributed by atoms with van der Waals surface area (Å²) in [5.41, 5.74) is 0.0402. The topological polar surface area (TPSA) is 101 Å². The molecule has 0 N–H and O–H groups in total. The fourth-order valence-electron chi connectivity index (χ4n) is 4.38. The largest absolute Gasteiger partial charge is 0.462 e. The smallest absolute Gasteiger partial charge is 0.309 e. The lowest BCUT2D eigenvalue weighted by molar-refractivity contribution is -0.192. The first-order chi connectivity index (χ1) is 14.1. The SMILES string of the molecule is CC(=O)O[C@@H]1C[C@@H]2C(COC(=O)CC(C)C)=CO[C@@H](OC(=O)CC(C)C)[C@@H]2[C@@]12CO2. The highest BCUT2D eigenvalue weighted by atomic mass is 16.7. The Labute approximate surface area is 177 Å². The lowest BCUT2D eigenvalue weighted by atomic mass is 9.83. The summed E-state index contributed by atoms with van der Waals surface area (Å²) in [6, 6.07) is 0. The van der Waals surface area contributed by atoms with Crippen LogP contribution in [0.3, 0.4) is 0 Å². The molecule has 2 fully saturated rings. The Kier molecular flexibility index (Phi) is 6.75. The molecule has 0 bridgehead atoms. The van der Waals surface area contributed by atoms with Crippen molar-refractivity contribution in [2.45, 2.75) is 71.9 Å². The monoisotopic (exact) mass is 424 g/mol. The second kappa shape index (κ2) is 8.96. The second-order valence-electron chi connectivity index (χ2n) is 9.25. The predicted octanol–water partition coefficient (Wildman–Crippen LogP) is 2.74. The van der Waals surface area contributed by atoms with Crippen LogP contribution in [0.15, 0.2) is 11.8 Å². The Morgan fingerprint density at radius 2 is 1.73 bits per heavy atom. The predicted molar refractivity (Wildman–Crippen MR) is 105 cm³/mol. The number of hydrogen-bond acceptors (Lipinski definition) is 8. The molecular formula is C22H32O8.